The zero-order valence-corrected chi connectivity index (χ0v) is 5.30. The van der Waals surface area contributed by atoms with Gasteiger partial charge in [-0.15, -0.1) is 10.8 Å². The number of hydrogen-bond acceptors (Lipinski definition) is 4. The molecule has 0 unspecified atom stereocenters. The number of H-pyrrole nitrogens is 1. The van der Waals surface area contributed by atoms with Crippen LogP contribution in [0, 0.1) is 0 Å². The molecule has 9 heavy (non-hydrogen) atoms. The molecule has 1 rings (SSSR count). The molecule has 0 atom stereocenters. The fourth-order valence-corrected chi connectivity index (χ4v) is 0.837. The number of aromatic amines is 1. The van der Waals surface area contributed by atoms with Gasteiger partial charge in [0.05, 0.1) is 6.20 Å². The van der Waals surface area contributed by atoms with E-state index in [0.29, 0.717) is 0 Å². The van der Waals surface area contributed by atoms with E-state index in [1.165, 1.54) is 12.4 Å². The molecular formula is C3H7N3O2S. The first-order valence-corrected chi connectivity index (χ1v) is 3.76. The molecule has 0 spiro atoms. The van der Waals surface area contributed by atoms with Crippen molar-refractivity contribution < 1.29 is 9.11 Å². The highest BCUT2D eigenvalue weighted by molar-refractivity contribution is 8.22. The number of hydrogen-bond donors (Lipinski definition) is 4. The Morgan fingerprint density at radius 2 is 2.33 bits per heavy atom. The lowest BCUT2D eigenvalue weighted by atomic mass is 10.7. The zero-order valence-electron chi connectivity index (χ0n) is 4.48. The SMILES string of the molecule is NS(O)(O)c1cn[nH]c1. The molecule has 5 N–H and O–H groups in total. The lowest BCUT2D eigenvalue weighted by Crippen LogP contribution is -2.06. The molecule has 0 amide bonds. The van der Waals surface area contributed by atoms with Crippen molar-refractivity contribution in [3.63, 3.8) is 0 Å². The summed E-state index contributed by atoms with van der Waals surface area (Å²) in [7, 11) is -3.05. The maximum absolute atomic E-state index is 8.73. The Morgan fingerprint density at radius 3 is 2.56 bits per heavy atom. The van der Waals surface area contributed by atoms with E-state index in [4.69, 9.17) is 14.2 Å². The van der Waals surface area contributed by atoms with Crippen LogP contribution in [0.4, 0.5) is 0 Å². The number of nitrogens with one attached hydrogen (secondary N) is 1. The third-order valence-electron chi connectivity index (χ3n) is 0.820. The van der Waals surface area contributed by atoms with Crippen molar-refractivity contribution >= 4 is 10.8 Å². The zero-order chi connectivity index (χ0) is 6.91. The molecule has 1 aromatic rings. The number of rotatable bonds is 1. The molecule has 0 fully saturated rings. The summed E-state index contributed by atoms with van der Waals surface area (Å²) in [5.41, 5.74) is 0. The molecule has 0 bridgehead atoms. The molecule has 1 aromatic heterocycles. The summed E-state index contributed by atoms with van der Waals surface area (Å²) < 4.78 is 17.5. The molecule has 6 heteroatoms. The third-order valence-corrected chi connectivity index (χ3v) is 1.74. The highest BCUT2D eigenvalue weighted by atomic mass is 32.3. The monoisotopic (exact) mass is 149 g/mol. The average molecular weight is 149 g/mol. The molecule has 0 aliphatic heterocycles. The molecule has 0 radical (unpaired) electrons. The quantitative estimate of drug-likeness (QED) is 0.464. The first-order chi connectivity index (χ1) is 4.11. The van der Waals surface area contributed by atoms with Crippen LogP contribution in [0.1, 0.15) is 0 Å². The molecule has 0 aliphatic carbocycles. The van der Waals surface area contributed by atoms with Gasteiger partial charge in [-0.2, -0.15) is 5.10 Å². The van der Waals surface area contributed by atoms with Crippen molar-refractivity contribution in [1.29, 1.82) is 0 Å². The molecule has 0 saturated heterocycles. The number of aromatic nitrogens is 2. The van der Waals surface area contributed by atoms with Crippen molar-refractivity contribution in [3.05, 3.63) is 12.4 Å². The van der Waals surface area contributed by atoms with Gasteiger partial charge in [-0.1, -0.05) is 0 Å². The summed E-state index contributed by atoms with van der Waals surface area (Å²) in [5.74, 6) is 0. The van der Waals surface area contributed by atoms with E-state index in [2.05, 4.69) is 10.2 Å². The third kappa shape index (κ3) is 1.42. The Morgan fingerprint density at radius 1 is 1.67 bits per heavy atom. The summed E-state index contributed by atoms with van der Waals surface area (Å²) in [4.78, 5) is 0.225. The fourth-order valence-electron chi connectivity index (χ4n) is 0.403. The van der Waals surface area contributed by atoms with Crippen molar-refractivity contribution in [3.8, 4) is 0 Å². The minimum atomic E-state index is -3.05. The standard InChI is InChI=1S/C3H7N3O2S/c4-9(7,8)3-1-5-6-2-3/h1-2,7-8H,4H2,(H,5,6). The van der Waals surface area contributed by atoms with Gasteiger partial charge in [0.15, 0.2) is 0 Å². The second-order valence-corrected chi connectivity index (χ2v) is 3.18. The van der Waals surface area contributed by atoms with Crippen LogP contribution in [0.15, 0.2) is 17.3 Å². The highest BCUT2D eigenvalue weighted by Gasteiger charge is 2.08. The summed E-state index contributed by atoms with van der Waals surface area (Å²) in [6.07, 6.45) is 2.62. The summed E-state index contributed by atoms with van der Waals surface area (Å²) in [6, 6.07) is 0. The Bertz CT molecular complexity index is 179. The van der Waals surface area contributed by atoms with Gasteiger partial charge in [0.1, 0.15) is 4.90 Å². The fraction of sp³-hybridized carbons (Fsp3) is 0. The van der Waals surface area contributed by atoms with Crippen molar-refractivity contribution in [2.75, 3.05) is 0 Å². The average Bonchev–Trinajstić information content (AvgIpc) is 2.08. The second kappa shape index (κ2) is 1.99. The second-order valence-electron chi connectivity index (χ2n) is 1.53. The molecule has 0 aromatic carbocycles. The van der Waals surface area contributed by atoms with Crippen molar-refractivity contribution in [2.24, 2.45) is 5.14 Å². The minimum absolute atomic E-state index is 0.225. The van der Waals surface area contributed by atoms with E-state index < -0.39 is 10.8 Å². The van der Waals surface area contributed by atoms with E-state index in [-0.39, 0.29) is 4.90 Å². The Balaban J connectivity index is 2.90. The minimum Gasteiger partial charge on any atom is -0.284 e. The number of nitrogens with zero attached hydrogens (tertiary/aromatic N) is 1. The largest absolute Gasteiger partial charge is 0.284 e. The molecule has 5 nitrogen and oxygen atoms in total. The van der Waals surface area contributed by atoms with E-state index in [1.54, 1.807) is 0 Å². The van der Waals surface area contributed by atoms with E-state index >= 15 is 0 Å². The van der Waals surface area contributed by atoms with Gasteiger partial charge in [-0.05, 0) is 0 Å². The van der Waals surface area contributed by atoms with Crippen LogP contribution in [-0.4, -0.2) is 19.3 Å². The van der Waals surface area contributed by atoms with Crippen LogP contribution < -0.4 is 5.14 Å². The lowest BCUT2D eigenvalue weighted by Gasteiger charge is -2.23. The number of nitrogens with two attached hydrogens (primary N) is 1. The van der Waals surface area contributed by atoms with Crippen LogP contribution in [0.3, 0.4) is 0 Å². The van der Waals surface area contributed by atoms with Gasteiger partial charge in [0.25, 0.3) is 0 Å². The van der Waals surface area contributed by atoms with Gasteiger partial charge in [-0.3, -0.25) is 14.2 Å². The molecule has 52 valence electrons. The van der Waals surface area contributed by atoms with E-state index in [9.17, 15) is 0 Å². The lowest BCUT2D eigenvalue weighted by molar-refractivity contribution is 0.489. The first kappa shape index (κ1) is 6.56. The summed E-state index contributed by atoms with van der Waals surface area (Å²) in [6.45, 7) is 0. The predicted octanol–water partition coefficient (Wildman–Crippen LogP) is 0.393. The van der Waals surface area contributed by atoms with Gasteiger partial charge < -0.3 is 0 Å². The smallest absolute Gasteiger partial charge is 0.112 e. The Hall–Kier alpha value is -0.560. The van der Waals surface area contributed by atoms with Crippen molar-refractivity contribution in [2.45, 2.75) is 4.90 Å². The van der Waals surface area contributed by atoms with E-state index in [1.807, 2.05) is 0 Å². The maximum Gasteiger partial charge on any atom is 0.112 e. The van der Waals surface area contributed by atoms with E-state index in [0.717, 1.165) is 0 Å². The summed E-state index contributed by atoms with van der Waals surface area (Å²) >= 11 is 0. The maximum atomic E-state index is 8.73. The van der Waals surface area contributed by atoms with Crippen molar-refractivity contribution in [1.82, 2.24) is 10.2 Å². The highest BCUT2D eigenvalue weighted by Crippen LogP contribution is 2.38. The van der Waals surface area contributed by atoms with Crippen LogP contribution in [0.2, 0.25) is 0 Å². The molecule has 0 saturated carbocycles. The van der Waals surface area contributed by atoms with Crippen LogP contribution in [0.25, 0.3) is 0 Å². The molecular weight excluding hydrogens is 142 g/mol. The molecule has 0 aliphatic rings. The van der Waals surface area contributed by atoms with Crippen LogP contribution >= 0.6 is 10.8 Å². The predicted molar refractivity (Wildman–Crippen MR) is 33.9 cm³/mol. The first-order valence-electron chi connectivity index (χ1n) is 2.15. The van der Waals surface area contributed by atoms with Gasteiger partial charge in [0.2, 0.25) is 0 Å². The summed E-state index contributed by atoms with van der Waals surface area (Å²) in [5, 5.41) is 10.8. The Labute approximate surface area is 53.4 Å². The van der Waals surface area contributed by atoms with Gasteiger partial charge in [0, 0.05) is 6.20 Å². The Kier molecular flexibility index (Phi) is 1.45. The van der Waals surface area contributed by atoms with Gasteiger partial charge in [-0.25, -0.2) is 5.14 Å². The molecule has 1 heterocycles. The normalized spacial score (nSPS) is 13.7. The van der Waals surface area contributed by atoms with Crippen LogP contribution in [0.5, 0.6) is 0 Å². The van der Waals surface area contributed by atoms with Crippen LogP contribution in [-0.2, 0) is 0 Å². The van der Waals surface area contributed by atoms with Gasteiger partial charge >= 0.3 is 0 Å². The topological polar surface area (TPSA) is 95.2 Å².